The number of hydrogen-bond acceptors (Lipinski definition) is 4. The van der Waals surface area contributed by atoms with Gasteiger partial charge in [0.05, 0.1) is 11.2 Å². The second kappa shape index (κ2) is 6.39. The zero-order valence-electron chi connectivity index (χ0n) is 12.3. The van der Waals surface area contributed by atoms with E-state index in [2.05, 4.69) is 9.71 Å². The summed E-state index contributed by atoms with van der Waals surface area (Å²) in [6.45, 7) is 0.326. The Bertz CT molecular complexity index is 959. The van der Waals surface area contributed by atoms with Crippen LogP contribution in [0, 0.1) is 0 Å². The molecule has 23 heavy (non-hydrogen) atoms. The van der Waals surface area contributed by atoms with Crippen molar-refractivity contribution < 1.29 is 12.8 Å². The van der Waals surface area contributed by atoms with Crippen molar-refractivity contribution in [2.45, 2.75) is 17.7 Å². The Balaban J connectivity index is 1.69. The molecule has 3 rings (SSSR count). The van der Waals surface area contributed by atoms with E-state index in [-0.39, 0.29) is 10.5 Å². The van der Waals surface area contributed by atoms with Crippen LogP contribution in [0.15, 0.2) is 62.8 Å². The summed E-state index contributed by atoms with van der Waals surface area (Å²) in [4.78, 5) is 14.1. The molecule has 0 saturated carbocycles. The third-order valence-corrected chi connectivity index (χ3v) is 4.94. The zero-order valence-corrected chi connectivity index (χ0v) is 13.1. The smallest absolute Gasteiger partial charge is 0.248 e. The molecule has 1 aromatic carbocycles. The highest BCUT2D eigenvalue weighted by Crippen LogP contribution is 2.16. The molecule has 2 heterocycles. The first kappa shape index (κ1) is 15.5. The summed E-state index contributed by atoms with van der Waals surface area (Å²) in [7, 11) is -3.58. The summed E-state index contributed by atoms with van der Waals surface area (Å²) in [6.07, 6.45) is 2.92. The second-order valence-corrected chi connectivity index (χ2v) is 6.92. The van der Waals surface area contributed by atoms with E-state index in [4.69, 9.17) is 4.42 Å². The van der Waals surface area contributed by atoms with Crippen LogP contribution >= 0.6 is 0 Å². The molecule has 0 bridgehead atoms. The lowest BCUT2D eigenvalue weighted by molar-refractivity contribution is 0.500. The Hall–Kier alpha value is -2.38. The van der Waals surface area contributed by atoms with Gasteiger partial charge in [-0.1, -0.05) is 0 Å². The predicted octanol–water partition coefficient (Wildman–Crippen LogP) is 2.03. The predicted molar refractivity (Wildman–Crippen MR) is 86.8 cm³/mol. The number of aromatic amines is 1. The molecule has 0 aliphatic rings. The van der Waals surface area contributed by atoms with E-state index in [1.165, 1.54) is 12.1 Å². The highest BCUT2D eigenvalue weighted by Gasteiger charge is 2.14. The number of nitrogens with one attached hydrogen (secondary N) is 2. The van der Waals surface area contributed by atoms with E-state index in [0.717, 1.165) is 5.76 Å². The molecule has 0 aliphatic heterocycles. The maximum Gasteiger partial charge on any atom is 0.248 e. The molecule has 0 fully saturated rings. The molecule has 0 aliphatic carbocycles. The summed E-state index contributed by atoms with van der Waals surface area (Å²) in [5, 5.41) is 0.670. The molecule has 0 atom stereocenters. The van der Waals surface area contributed by atoms with E-state index in [9.17, 15) is 13.2 Å². The minimum absolute atomic E-state index is 0.176. The van der Waals surface area contributed by atoms with Crippen molar-refractivity contribution in [3.63, 3.8) is 0 Å². The lowest BCUT2D eigenvalue weighted by atomic mass is 10.2. The lowest BCUT2D eigenvalue weighted by Gasteiger charge is -2.07. The standard InChI is InChI=1S/C16H16N2O4S/c19-16-8-5-12-11-14(6-7-15(12)18-16)23(20,21)17-9-1-3-13-4-2-10-22-13/h2,4-8,10-11,17H,1,3,9H2,(H,18,19). The zero-order chi connectivity index (χ0) is 16.3. The number of furan rings is 1. The maximum absolute atomic E-state index is 12.3. The van der Waals surface area contributed by atoms with Crippen molar-refractivity contribution in [3.8, 4) is 0 Å². The first-order chi connectivity index (χ1) is 11.0. The Morgan fingerprint density at radius 3 is 2.78 bits per heavy atom. The number of hydrogen-bond donors (Lipinski definition) is 2. The van der Waals surface area contributed by atoms with Crippen molar-refractivity contribution >= 4 is 20.9 Å². The van der Waals surface area contributed by atoms with Gasteiger partial charge in [0.25, 0.3) is 0 Å². The van der Waals surface area contributed by atoms with Crippen molar-refractivity contribution in [1.29, 1.82) is 0 Å². The third-order valence-electron chi connectivity index (χ3n) is 3.48. The number of aromatic nitrogens is 1. The molecular weight excluding hydrogens is 316 g/mol. The van der Waals surface area contributed by atoms with Crippen molar-refractivity contribution in [1.82, 2.24) is 9.71 Å². The Morgan fingerprint density at radius 1 is 1.13 bits per heavy atom. The van der Waals surface area contributed by atoms with Crippen LogP contribution in [-0.2, 0) is 16.4 Å². The van der Waals surface area contributed by atoms with E-state index in [1.54, 1.807) is 30.5 Å². The van der Waals surface area contributed by atoms with Gasteiger partial charge in [-0.25, -0.2) is 13.1 Å². The molecular formula is C16H16N2O4S. The van der Waals surface area contributed by atoms with Crippen molar-refractivity contribution in [2.75, 3.05) is 6.54 Å². The first-order valence-corrected chi connectivity index (χ1v) is 8.68. The summed E-state index contributed by atoms with van der Waals surface area (Å²) in [6, 6.07) is 11.2. The van der Waals surface area contributed by atoms with Crippen LogP contribution in [0.2, 0.25) is 0 Å². The molecule has 0 spiro atoms. The number of rotatable bonds is 6. The largest absolute Gasteiger partial charge is 0.469 e. The topological polar surface area (TPSA) is 92.2 Å². The summed E-state index contributed by atoms with van der Waals surface area (Å²) in [5.74, 6) is 0.832. The Morgan fingerprint density at radius 2 is 2.00 bits per heavy atom. The average Bonchev–Trinajstić information content (AvgIpc) is 3.04. The lowest BCUT2D eigenvalue weighted by Crippen LogP contribution is -2.25. The highest BCUT2D eigenvalue weighted by atomic mass is 32.2. The van der Waals surface area contributed by atoms with Gasteiger partial charge in [-0.05, 0) is 48.2 Å². The van der Waals surface area contributed by atoms with Crippen LogP contribution in [0.3, 0.4) is 0 Å². The van der Waals surface area contributed by atoms with Gasteiger partial charge in [-0.15, -0.1) is 0 Å². The summed E-state index contributed by atoms with van der Waals surface area (Å²) >= 11 is 0. The Labute approximate surface area is 133 Å². The van der Waals surface area contributed by atoms with Gasteiger partial charge in [0.2, 0.25) is 15.6 Å². The van der Waals surface area contributed by atoms with E-state index < -0.39 is 10.0 Å². The van der Waals surface area contributed by atoms with E-state index in [0.29, 0.717) is 30.3 Å². The van der Waals surface area contributed by atoms with Crippen LogP contribution in [0.5, 0.6) is 0 Å². The molecule has 120 valence electrons. The van der Waals surface area contributed by atoms with Crippen LogP contribution in [-0.4, -0.2) is 19.9 Å². The average molecular weight is 332 g/mol. The van der Waals surface area contributed by atoms with Crippen LogP contribution in [0.25, 0.3) is 10.9 Å². The quantitative estimate of drug-likeness (QED) is 0.676. The maximum atomic E-state index is 12.3. The normalized spacial score (nSPS) is 11.8. The summed E-state index contributed by atoms with van der Waals surface area (Å²) in [5.41, 5.74) is 0.387. The molecule has 0 unspecified atom stereocenters. The second-order valence-electron chi connectivity index (χ2n) is 5.15. The van der Waals surface area contributed by atoms with Gasteiger partial charge >= 0.3 is 0 Å². The van der Waals surface area contributed by atoms with Gasteiger partial charge in [0.15, 0.2) is 0 Å². The van der Waals surface area contributed by atoms with Crippen LogP contribution < -0.4 is 10.3 Å². The number of sulfonamides is 1. The van der Waals surface area contributed by atoms with Gasteiger partial charge in [-0.3, -0.25) is 4.79 Å². The number of benzene rings is 1. The fourth-order valence-electron chi connectivity index (χ4n) is 2.31. The highest BCUT2D eigenvalue weighted by molar-refractivity contribution is 7.89. The Kier molecular flexibility index (Phi) is 4.31. The molecule has 2 aromatic heterocycles. The monoisotopic (exact) mass is 332 g/mol. The van der Waals surface area contributed by atoms with E-state index in [1.807, 2.05) is 6.07 Å². The molecule has 7 heteroatoms. The minimum Gasteiger partial charge on any atom is -0.469 e. The van der Waals surface area contributed by atoms with Crippen molar-refractivity contribution in [3.05, 3.63) is 64.8 Å². The van der Waals surface area contributed by atoms with Crippen LogP contribution in [0.4, 0.5) is 0 Å². The number of aryl methyl sites for hydroxylation is 1. The van der Waals surface area contributed by atoms with Gasteiger partial charge in [-0.2, -0.15) is 0 Å². The van der Waals surface area contributed by atoms with Crippen molar-refractivity contribution in [2.24, 2.45) is 0 Å². The third kappa shape index (κ3) is 3.69. The fourth-order valence-corrected chi connectivity index (χ4v) is 3.42. The fraction of sp³-hybridized carbons (Fsp3) is 0.188. The molecule has 0 saturated heterocycles. The number of fused-ring (bicyclic) bond motifs is 1. The van der Waals surface area contributed by atoms with Crippen LogP contribution in [0.1, 0.15) is 12.2 Å². The van der Waals surface area contributed by atoms with Gasteiger partial charge < -0.3 is 9.40 Å². The molecule has 0 radical (unpaired) electrons. The molecule has 2 N–H and O–H groups in total. The molecule has 0 amide bonds. The minimum atomic E-state index is -3.58. The number of pyridine rings is 1. The number of H-pyrrole nitrogens is 1. The van der Waals surface area contributed by atoms with E-state index >= 15 is 0 Å². The van der Waals surface area contributed by atoms with Gasteiger partial charge in [0.1, 0.15) is 5.76 Å². The first-order valence-electron chi connectivity index (χ1n) is 7.20. The molecule has 6 nitrogen and oxygen atoms in total. The summed E-state index contributed by atoms with van der Waals surface area (Å²) < 4.78 is 32.4. The molecule has 3 aromatic rings. The van der Waals surface area contributed by atoms with Gasteiger partial charge in [0, 0.05) is 24.5 Å². The SMILES string of the molecule is O=c1ccc2cc(S(=O)(=O)NCCCc3ccco3)ccc2[nH]1.